The van der Waals surface area contributed by atoms with E-state index in [1.165, 1.54) is 4.80 Å². The number of phenols is 1. The number of fused-ring (bicyclic) bond motifs is 1. The van der Waals surface area contributed by atoms with Crippen molar-refractivity contribution in [1.29, 1.82) is 0 Å². The van der Waals surface area contributed by atoms with E-state index >= 15 is 0 Å². The summed E-state index contributed by atoms with van der Waals surface area (Å²) >= 11 is 0. The molecule has 0 aliphatic heterocycles. The molecule has 0 amide bonds. The van der Waals surface area contributed by atoms with Gasteiger partial charge < -0.3 is 10.2 Å². The first kappa shape index (κ1) is 16.0. The summed E-state index contributed by atoms with van der Waals surface area (Å²) in [7, 11) is 0. The van der Waals surface area contributed by atoms with Crippen LogP contribution in [0.15, 0.2) is 36.4 Å². The van der Waals surface area contributed by atoms with Gasteiger partial charge in [-0.05, 0) is 54.8 Å². The summed E-state index contributed by atoms with van der Waals surface area (Å²) < 4.78 is 0. The van der Waals surface area contributed by atoms with Crippen molar-refractivity contribution in [2.24, 2.45) is 0 Å². The molecule has 0 fully saturated rings. The minimum Gasteiger partial charge on any atom is -0.508 e. The van der Waals surface area contributed by atoms with Gasteiger partial charge in [0.1, 0.15) is 16.8 Å². The molecule has 124 valence electrons. The highest BCUT2D eigenvalue weighted by molar-refractivity contribution is 5.80. The molecule has 1 aromatic heterocycles. The number of rotatable bonds is 5. The van der Waals surface area contributed by atoms with Gasteiger partial charge in [-0.1, -0.05) is 19.4 Å². The molecule has 24 heavy (non-hydrogen) atoms. The Morgan fingerprint density at radius 1 is 1.17 bits per heavy atom. The Hall–Kier alpha value is -2.89. The van der Waals surface area contributed by atoms with Crippen LogP contribution in [0, 0.1) is 6.92 Å². The number of carbonyl (C=O) groups is 1. The summed E-state index contributed by atoms with van der Waals surface area (Å²) in [5, 5.41) is 27.9. The highest BCUT2D eigenvalue weighted by atomic mass is 16.4. The van der Waals surface area contributed by atoms with Crippen molar-refractivity contribution in [2.75, 3.05) is 0 Å². The molecule has 0 saturated carbocycles. The quantitative estimate of drug-likeness (QED) is 0.750. The molecule has 3 aromatic rings. The van der Waals surface area contributed by atoms with Crippen LogP contribution >= 0.6 is 0 Å². The van der Waals surface area contributed by atoms with Crippen LogP contribution in [0.5, 0.6) is 5.75 Å². The zero-order valence-electron chi connectivity index (χ0n) is 13.6. The summed E-state index contributed by atoms with van der Waals surface area (Å²) in [4.78, 5) is 13.0. The molecule has 2 N–H and O–H groups in total. The molecule has 3 rings (SSSR count). The van der Waals surface area contributed by atoms with Crippen molar-refractivity contribution in [3.05, 3.63) is 47.5 Å². The van der Waals surface area contributed by atoms with Gasteiger partial charge in [-0.2, -0.15) is 4.80 Å². The van der Waals surface area contributed by atoms with Crippen LogP contribution < -0.4 is 0 Å². The molecule has 0 aliphatic rings. The molecule has 0 spiro atoms. The number of aromatic nitrogens is 3. The van der Waals surface area contributed by atoms with Crippen molar-refractivity contribution in [3.63, 3.8) is 0 Å². The van der Waals surface area contributed by atoms with E-state index in [2.05, 4.69) is 10.2 Å². The van der Waals surface area contributed by atoms with Gasteiger partial charge in [0.2, 0.25) is 0 Å². The van der Waals surface area contributed by atoms with E-state index in [0.717, 1.165) is 23.2 Å². The van der Waals surface area contributed by atoms with Crippen molar-refractivity contribution >= 4 is 17.0 Å². The van der Waals surface area contributed by atoms with E-state index in [4.69, 9.17) is 0 Å². The highest BCUT2D eigenvalue weighted by Crippen LogP contribution is 2.25. The van der Waals surface area contributed by atoms with Gasteiger partial charge in [-0.15, -0.1) is 10.2 Å². The number of benzene rings is 2. The van der Waals surface area contributed by atoms with Crippen molar-refractivity contribution < 1.29 is 15.0 Å². The molecule has 6 nitrogen and oxygen atoms in total. The van der Waals surface area contributed by atoms with E-state index in [1.807, 2.05) is 13.8 Å². The zero-order valence-corrected chi connectivity index (χ0v) is 13.6. The predicted octanol–water partition coefficient (Wildman–Crippen LogP) is 3.40. The first-order chi connectivity index (χ1) is 11.5. The van der Waals surface area contributed by atoms with Gasteiger partial charge in [0.15, 0.2) is 0 Å². The zero-order chi connectivity index (χ0) is 17.3. The molecule has 6 heteroatoms. The first-order valence-corrected chi connectivity index (χ1v) is 7.89. The Balaban J connectivity index is 2.02. The average Bonchev–Trinajstić information content (AvgIpc) is 2.98. The number of phenolic OH excluding ortho intramolecular Hbond substituents is 1. The second-order valence-corrected chi connectivity index (χ2v) is 5.89. The van der Waals surface area contributed by atoms with Crippen LogP contribution in [0.1, 0.15) is 36.8 Å². The second kappa shape index (κ2) is 6.31. The first-order valence-electron chi connectivity index (χ1n) is 7.89. The number of aromatic hydroxyl groups is 1. The number of aliphatic carboxylic acids is 1. The molecular formula is C18H19N3O3. The molecule has 0 aliphatic carbocycles. The smallest absolute Gasteiger partial charge is 0.310 e. The van der Waals surface area contributed by atoms with Crippen molar-refractivity contribution in [3.8, 4) is 11.4 Å². The van der Waals surface area contributed by atoms with Crippen LogP contribution in [0.3, 0.4) is 0 Å². The Labute approximate surface area is 139 Å². The lowest BCUT2D eigenvalue weighted by atomic mass is 9.94. The Morgan fingerprint density at radius 2 is 1.92 bits per heavy atom. The fourth-order valence-corrected chi connectivity index (χ4v) is 2.75. The maximum absolute atomic E-state index is 11.5. The largest absolute Gasteiger partial charge is 0.508 e. The Morgan fingerprint density at radius 3 is 2.58 bits per heavy atom. The molecule has 1 atom stereocenters. The SMILES string of the molecule is CCCC(C(=O)O)c1ccc2nn(-c3ccc(O)c(C)c3)nc2c1. The fraction of sp³-hybridized carbons (Fsp3) is 0.278. The van der Waals surface area contributed by atoms with Crippen LogP contribution in [0.2, 0.25) is 0 Å². The number of aryl methyl sites for hydroxylation is 1. The predicted molar refractivity (Wildman–Crippen MR) is 90.6 cm³/mol. The lowest BCUT2D eigenvalue weighted by Gasteiger charge is -2.10. The minimum absolute atomic E-state index is 0.224. The van der Waals surface area contributed by atoms with Gasteiger partial charge in [0.05, 0.1) is 11.6 Å². The summed E-state index contributed by atoms with van der Waals surface area (Å²) in [5.74, 6) is -1.13. The lowest BCUT2D eigenvalue weighted by molar-refractivity contribution is -0.139. The van der Waals surface area contributed by atoms with Crippen LogP contribution in [0.25, 0.3) is 16.7 Å². The van der Waals surface area contributed by atoms with Gasteiger partial charge in [0, 0.05) is 0 Å². The topological polar surface area (TPSA) is 88.2 Å². The maximum atomic E-state index is 11.5. The Bertz CT molecular complexity index is 902. The number of hydrogen-bond acceptors (Lipinski definition) is 4. The van der Waals surface area contributed by atoms with Crippen LogP contribution in [-0.2, 0) is 4.79 Å². The van der Waals surface area contributed by atoms with E-state index in [-0.39, 0.29) is 5.75 Å². The number of nitrogens with zero attached hydrogens (tertiary/aromatic N) is 3. The maximum Gasteiger partial charge on any atom is 0.310 e. The van der Waals surface area contributed by atoms with E-state index in [0.29, 0.717) is 17.5 Å². The summed E-state index contributed by atoms with van der Waals surface area (Å²) in [6.45, 7) is 3.78. The van der Waals surface area contributed by atoms with Gasteiger partial charge in [-0.25, -0.2) is 0 Å². The van der Waals surface area contributed by atoms with Crippen molar-refractivity contribution in [2.45, 2.75) is 32.6 Å². The molecule has 0 saturated heterocycles. The standard InChI is InChI=1S/C18H19N3O3/c1-3-4-14(18(23)24)12-5-7-15-16(10-12)20-21(19-15)13-6-8-17(22)11(2)9-13/h5-10,14,22H,3-4H2,1-2H3,(H,23,24). The molecule has 1 unspecified atom stereocenters. The normalized spacial score (nSPS) is 12.4. The lowest BCUT2D eigenvalue weighted by Crippen LogP contribution is -2.11. The van der Waals surface area contributed by atoms with E-state index in [1.54, 1.807) is 36.4 Å². The second-order valence-electron chi connectivity index (χ2n) is 5.89. The van der Waals surface area contributed by atoms with Crippen LogP contribution in [0.4, 0.5) is 0 Å². The third-order valence-electron chi connectivity index (χ3n) is 4.09. The third-order valence-corrected chi connectivity index (χ3v) is 4.09. The fourth-order valence-electron chi connectivity index (χ4n) is 2.75. The number of hydrogen-bond donors (Lipinski definition) is 2. The van der Waals surface area contributed by atoms with Gasteiger partial charge in [0.25, 0.3) is 0 Å². The Kier molecular flexibility index (Phi) is 4.20. The van der Waals surface area contributed by atoms with Crippen molar-refractivity contribution in [1.82, 2.24) is 15.0 Å². The van der Waals surface area contributed by atoms with E-state index < -0.39 is 11.9 Å². The minimum atomic E-state index is -0.822. The number of carboxylic acids is 1. The molecule has 2 aromatic carbocycles. The third kappa shape index (κ3) is 2.95. The average molecular weight is 325 g/mol. The number of carboxylic acid groups (broad SMARTS) is 1. The van der Waals surface area contributed by atoms with E-state index in [9.17, 15) is 15.0 Å². The molecule has 0 radical (unpaired) electrons. The summed E-state index contributed by atoms with van der Waals surface area (Å²) in [6.07, 6.45) is 1.39. The van der Waals surface area contributed by atoms with Gasteiger partial charge in [-0.3, -0.25) is 4.79 Å². The molecular weight excluding hydrogens is 306 g/mol. The van der Waals surface area contributed by atoms with Gasteiger partial charge >= 0.3 is 5.97 Å². The monoisotopic (exact) mass is 325 g/mol. The molecule has 0 bridgehead atoms. The highest BCUT2D eigenvalue weighted by Gasteiger charge is 2.19. The molecule has 1 heterocycles. The summed E-state index contributed by atoms with van der Waals surface area (Å²) in [6, 6.07) is 10.5. The van der Waals surface area contributed by atoms with Crippen LogP contribution in [-0.4, -0.2) is 31.2 Å². The summed E-state index contributed by atoms with van der Waals surface area (Å²) in [5.41, 5.74) is 3.58.